The van der Waals surface area contributed by atoms with E-state index in [-0.39, 0.29) is 0 Å². The summed E-state index contributed by atoms with van der Waals surface area (Å²) in [7, 11) is 3.69. The molecule has 0 aliphatic carbocycles. The third kappa shape index (κ3) is 1.74. The van der Waals surface area contributed by atoms with Gasteiger partial charge in [-0.3, -0.25) is 0 Å². The number of aromatic nitrogens is 2. The molecule has 0 atom stereocenters. The molecule has 0 saturated carbocycles. The van der Waals surface area contributed by atoms with Crippen LogP contribution in [-0.4, -0.2) is 16.7 Å². The predicted molar refractivity (Wildman–Crippen MR) is 72.7 cm³/mol. The third-order valence-corrected chi connectivity index (χ3v) is 3.16. The number of rotatable bonds is 2. The second-order valence-corrected chi connectivity index (χ2v) is 4.32. The highest BCUT2D eigenvalue weighted by atomic mass is 16.5. The van der Waals surface area contributed by atoms with E-state index < -0.39 is 0 Å². The quantitative estimate of drug-likeness (QED) is 0.685. The van der Waals surface area contributed by atoms with Gasteiger partial charge in [0.15, 0.2) is 0 Å². The van der Waals surface area contributed by atoms with Gasteiger partial charge in [-0.05, 0) is 29.0 Å². The van der Waals surface area contributed by atoms with E-state index in [9.17, 15) is 0 Å². The van der Waals surface area contributed by atoms with Crippen LogP contribution in [0.15, 0.2) is 48.9 Å². The summed E-state index contributed by atoms with van der Waals surface area (Å²) in [4.78, 5) is 4.15. The standard InChI is InChI=1S/C15H14N2O/c1-17-10-16-9-15(17)13-4-3-12-8-14(18-2)6-5-11(12)7-13/h3-10H,1-2H3. The Kier molecular flexibility index (Phi) is 2.52. The fourth-order valence-corrected chi connectivity index (χ4v) is 2.15. The van der Waals surface area contributed by atoms with Gasteiger partial charge in [-0.25, -0.2) is 4.98 Å². The van der Waals surface area contributed by atoms with Gasteiger partial charge in [0.2, 0.25) is 0 Å². The highest BCUT2D eigenvalue weighted by Crippen LogP contribution is 2.26. The minimum atomic E-state index is 0.885. The first-order chi connectivity index (χ1) is 8.78. The molecule has 0 radical (unpaired) electrons. The van der Waals surface area contributed by atoms with E-state index in [1.54, 1.807) is 7.11 Å². The Hall–Kier alpha value is -2.29. The molecule has 0 unspecified atom stereocenters. The maximum atomic E-state index is 5.23. The first-order valence-electron chi connectivity index (χ1n) is 5.82. The molecule has 0 amide bonds. The van der Waals surface area contributed by atoms with Gasteiger partial charge in [-0.1, -0.05) is 18.2 Å². The van der Waals surface area contributed by atoms with Crippen LogP contribution in [0.3, 0.4) is 0 Å². The Balaban J connectivity index is 2.15. The lowest BCUT2D eigenvalue weighted by atomic mass is 10.1. The van der Waals surface area contributed by atoms with Crippen molar-refractivity contribution in [1.29, 1.82) is 0 Å². The monoisotopic (exact) mass is 238 g/mol. The molecular weight excluding hydrogens is 224 g/mol. The summed E-state index contributed by atoms with van der Waals surface area (Å²) in [6.45, 7) is 0. The highest BCUT2D eigenvalue weighted by molar-refractivity contribution is 5.87. The molecule has 0 bridgehead atoms. The van der Waals surface area contributed by atoms with E-state index in [0.29, 0.717) is 0 Å². The predicted octanol–water partition coefficient (Wildman–Crippen LogP) is 3.25. The van der Waals surface area contributed by atoms with Crippen LogP contribution < -0.4 is 4.74 Å². The summed E-state index contributed by atoms with van der Waals surface area (Å²) in [6, 6.07) is 12.5. The van der Waals surface area contributed by atoms with Crippen LogP contribution in [-0.2, 0) is 7.05 Å². The molecule has 2 aromatic carbocycles. The van der Waals surface area contributed by atoms with Crippen LogP contribution in [0.5, 0.6) is 5.75 Å². The molecule has 18 heavy (non-hydrogen) atoms. The van der Waals surface area contributed by atoms with E-state index in [1.807, 2.05) is 36.3 Å². The van der Waals surface area contributed by atoms with Crippen molar-refractivity contribution < 1.29 is 4.74 Å². The molecule has 0 N–H and O–H groups in total. The summed E-state index contributed by atoms with van der Waals surface area (Å²) >= 11 is 0. The third-order valence-electron chi connectivity index (χ3n) is 3.16. The van der Waals surface area contributed by atoms with Gasteiger partial charge in [-0.2, -0.15) is 0 Å². The number of imidazole rings is 1. The molecule has 0 fully saturated rings. The second-order valence-electron chi connectivity index (χ2n) is 4.32. The number of methoxy groups -OCH3 is 1. The largest absolute Gasteiger partial charge is 0.497 e. The van der Waals surface area contributed by atoms with E-state index in [0.717, 1.165) is 11.4 Å². The highest BCUT2D eigenvalue weighted by Gasteiger charge is 2.04. The zero-order valence-electron chi connectivity index (χ0n) is 10.4. The van der Waals surface area contributed by atoms with Crippen LogP contribution in [0.1, 0.15) is 0 Å². The first-order valence-corrected chi connectivity index (χ1v) is 5.82. The maximum Gasteiger partial charge on any atom is 0.119 e. The summed E-state index contributed by atoms with van der Waals surface area (Å²) in [5.74, 6) is 0.885. The zero-order valence-corrected chi connectivity index (χ0v) is 10.4. The normalized spacial score (nSPS) is 10.8. The van der Waals surface area contributed by atoms with E-state index in [1.165, 1.54) is 16.3 Å². The number of nitrogens with zero attached hydrogens (tertiary/aromatic N) is 2. The van der Waals surface area contributed by atoms with Crippen molar-refractivity contribution in [3.63, 3.8) is 0 Å². The van der Waals surface area contributed by atoms with Gasteiger partial charge < -0.3 is 9.30 Å². The van der Waals surface area contributed by atoms with Gasteiger partial charge in [0.05, 0.1) is 25.3 Å². The number of hydrogen-bond donors (Lipinski definition) is 0. The molecule has 3 heteroatoms. The van der Waals surface area contributed by atoms with Crippen molar-refractivity contribution in [1.82, 2.24) is 9.55 Å². The fourth-order valence-electron chi connectivity index (χ4n) is 2.15. The molecule has 3 nitrogen and oxygen atoms in total. The Bertz CT molecular complexity index is 701. The molecule has 0 spiro atoms. The van der Waals surface area contributed by atoms with Crippen molar-refractivity contribution in [2.75, 3.05) is 7.11 Å². The lowest BCUT2D eigenvalue weighted by Crippen LogP contribution is -1.89. The van der Waals surface area contributed by atoms with Gasteiger partial charge in [-0.15, -0.1) is 0 Å². The van der Waals surface area contributed by atoms with Crippen LogP contribution in [0.25, 0.3) is 22.0 Å². The lowest BCUT2D eigenvalue weighted by molar-refractivity contribution is 0.415. The Morgan fingerprint density at radius 1 is 1.06 bits per heavy atom. The maximum absolute atomic E-state index is 5.23. The van der Waals surface area contributed by atoms with Crippen molar-refractivity contribution >= 4 is 10.8 Å². The number of aryl methyl sites for hydroxylation is 1. The fraction of sp³-hybridized carbons (Fsp3) is 0.133. The Labute approximate surface area is 106 Å². The lowest BCUT2D eigenvalue weighted by Gasteiger charge is -2.06. The molecule has 0 aliphatic rings. The van der Waals surface area contributed by atoms with Gasteiger partial charge in [0, 0.05) is 12.6 Å². The van der Waals surface area contributed by atoms with Crippen molar-refractivity contribution in [2.45, 2.75) is 0 Å². The average Bonchev–Trinajstić information content (AvgIpc) is 2.84. The van der Waals surface area contributed by atoms with Crippen molar-refractivity contribution in [3.8, 4) is 17.0 Å². The van der Waals surface area contributed by atoms with Gasteiger partial charge in [0.1, 0.15) is 5.75 Å². The van der Waals surface area contributed by atoms with E-state index in [2.05, 4.69) is 29.2 Å². The smallest absolute Gasteiger partial charge is 0.119 e. The summed E-state index contributed by atoms with van der Waals surface area (Å²) in [6.07, 6.45) is 3.69. The zero-order chi connectivity index (χ0) is 12.5. The van der Waals surface area contributed by atoms with Crippen molar-refractivity contribution in [3.05, 3.63) is 48.9 Å². The topological polar surface area (TPSA) is 27.1 Å². The molecule has 3 aromatic rings. The molecule has 90 valence electrons. The number of benzene rings is 2. The molecule has 1 heterocycles. The van der Waals surface area contributed by atoms with E-state index >= 15 is 0 Å². The van der Waals surface area contributed by atoms with Gasteiger partial charge in [0.25, 0.3) is 0 Å². The molecular formula is C15H14N2O. The Morgan fingerprint density at radius 2 is 1.83 bits per heavy atom. The SMILES string of the molecule is COc1ccc2cc(-c3cncn3C)ccc2c1. The molecule has 1 aromatic heterocycles. The number of hydrogen-bond acceptors (Lipinski definition) is 2. The van der Waals surface area contributed by atoms with Crippen molar-refractivity contribution in [2.24, 2.45) is 7.05 Å². The summed E-state index contributed by atoms with van der Waals surface area (Å²) in [5, 5.41) is 2.38. The van der Waals surface area contributed by atoms with Crippen LogP contribution in [0, 0.1) is 0 Å². The van der Waals surface area contributed by atoms with Gasteiger partial charge >= 0.3 is 0 Å². The second kappa shape index (κ2) is 4.18. The molecule has 0 saturated heterocycles. The molecule has 3 rings (SSSR count). The minimum Gasteiger partial charge on any atom is -0.497 e. The average molecular weight is 238 g/mol. The van der Waals surface area contributed by atoms with E-state index in [4.69, 9.17) is 4.74 Å². The summed E-state index contributed by atoms with van der Waals surface area (Å²) < 4.78 is 7.25. The summed E-state index contributed by atoms with van der Waals surface area (Å²) in [5.41, 5.74) is 2.29. The number of ether oxygens (including phenoxy) is 1. The van der Waals surface area contributed by atoms with Crippen LogP contribution >= 0.6 is 0 Å². The molecule has 0 aliphatic heterocycles. The Morgan fingerprint density at radius 3 is 2.56 bits per heavy atom. The number of fused-ring (bicyclic) bond motifs is 1. The van der Waals surface area contributed by atoms with Crippen LogP contribution in [0.2, 0.25) is 0 Å². The first kappa shape index (κ1) is 10.8. The van der Waals surface area contributed by atoms with Crippen LogP contribution in [0.4, 0.5) is 0 Å². The minimum absolute atomic E-state index is 0.885.